The number of ether oxygens (including phenoxy) is 2. The zero-order valence-corrected chi connectivity index (χ0v) is 11.3. The van der Waals surface area contributed by atoms with Gasteiger partial charge in [-0.3, -0.25) is 4.79 Å². The Morgan fingerprint density at radius 2 is 1.68 bits per heavy atom. The van der Waals surface area contributed by atoms with Gasteiger partial charge in [-0.15, -0.1) is 0 Å². The van der Waals surface area contributed by atoms with Crippen molar-refractivity contribution in [2.45, 2.75) is 6.92 Å². The summed E-state index contributed by atoms with van der Waals surface area (Å²) in [6.07, 6.45) is 0.833. The molecule has 3 nitrogen and oxygen atoms in total. The molecule has 2 aromatic carbocycles. The van der Waals surface area contributed by atoms with E-state index in [-0.39, 0.29) is 0 Å². The summed E-state index contributed by atoms with van der Waals surface area (Å²) in [5.41, 5.74) is 3.56. The molecule has 0 amide bonds. The first-order chi connectivity index (χ1) is 9.19. The summed E-state index contributed by atoms with van der Waals surface area (Å²) >= 11 is 0. The summed E-state index contributed by atoms with van der Waals surface area (Å²) in [6.45, 7) is 2.02. The van der Waals surface area contributed by atoms with E-state index in [0.717, 1.165) is 23.0 Å². The zero-order chi connectivity index (χ0) is 13.8. The standard InChI is InChI=1S/C16H16O3/c1-11-5-4-6-12(7-11)14-9-16(19-3)15(18-2)8-13(14)10-17/h4-10H,1-3H3. The minimum absolute atomic E-state index is 0.556. The summed E-state index contributed by atoms with van der Waals surface area (Å²) in [6, 6.07) is 11.5. The number of hydrogen-bond donors (Lipinski definition) is 0. The number of aryl methyl sites for hydroxylation is 1. The van der Waals surface area contributed by atoms with Crippen molar-refractivity contribution in [3.63, 3.8) is 0 Å². The molecule has 0 bridgehead atoms. The van der Waals surface area contributed by atoms with Crippen LogP contribution in [0.1, 0.15) is 15.9 Å². The van der Waals surface area contributed by atoms with E-state index in [1.807, 2.05) is 37.3 Å². The highest BCUT2D eigenvalue weighted by Crippen LogP contribution is 2.35. The van der Waals surface area contributed by atoms with Crippen LogP contribution in [-0.2, 0) is 0 Å². The second-order valence-corrected chi connectivity index (χ2v) is 4.28. The van der Waals surface area contributed by atoms with Gasteiger partial charge in [0.05, 0.1) is 14.2 Å². The summed E-state index contributed by atoms with van der Waals surface area (Å²) in [4.78, 5) is 11.3. The largest absolute Gasteiger partial charge is 0.493 e. The zero-order valence-electron chi connectivity index (χ0n) is 11.3. The minimum Gasteiger partial charge on any atom is -0.493 e. The molecule has 0 aliphatic heterocycles. The molecule has 0 saturated heterocycles. The number of methoxy groups -OCH3 is 2. The fourth-order valence-electron chi connectivity index (χ4n) is 2.05. The van der Waals surface area contributed by atoms with Crippen molar-refractivity contribution < 1.29 is 14.3 Å². The molecule has 0 heterocycles. The molecular weight excluding hydrogens is 240 g/mol. The number of carbonyl (C=O) groups excluding carboxylic acids is 1. The van der Waals surface area contributed by atoms with E-state index in [9.17, 15) is 4.79 Å². The van der Waals surface area contributed by atoms with Crippen LogP contribution in [-0.4, -0.2) is 20.5 Å². The van der Waals surface area contributed by atoms with Crippen LogP contribution in [0, 0.1) is 6.92 Å². The van der Waals surface area contributed by atoms with Gasteiger partial charge in [0, 0.05) is 5.56 Å². The molecule has 3 heteroatoms. The van der Waals surface area contributed by atoms with Gasteiger partial charge in [0.25, 0.3) is 0 Å². The van der Waals surface area contributed by atoms with Gasteiger partial charge in [-0.25, -0.2) is 0 Å². The van der Waals surface area contributed by atoms with Crippen LogP contribution in [0.3, 0.4) is 0 Å². The molecule has 0 unspecified atom stereocenters. The minimum atomic E-state index is 0.556. The second-order valence-electron chi connectivity index (χ2n) is 4.28. The van der Waals surface area contributed by atoms with Crippen molar-refractivity contribution in [1.82, 2.24) is 0 Å². The molecule has 0 spiro atoms. The van der Waals surface area contributed by atoms with E-state index in [0.29, 0.717) is 17.1 Å². The van der Waals surface area contributed by atoms with Gasteiger partial charge in [0.15, 0.2) is 17.8 Å². The number of benzene rings is 2. The van der Waals surface area contributed by atoms with Crippen molar-refractivity contribution in [3.05, 3.63) is 47.5 Å². The average molecular weight is 256 g/mol. The Morgan fingerprint density at radius 3 is 2.26 bits per heavy atom. The van der Waals surface area contributed by atoms with Crippen LogP contribution >= 0.6 is 0 Å². The summed E-state index contributed by atoms with van der Waals surface area (Å²) in [5, 5.41) is 0. The van der Waals surface area contributed by atoms with E-state index >= 15 is 0 Å². The molecule has 0 fully saturated rings. The molecule has 0 radical (unpaired) electrons. The van der Waals surface area contributed by atoms with Crippen molar-refractivity contribution >= 4 is 6.29 Å². The van der Waals surface area contributed by atoms with Crippen molar-refractivity contribution in [3.8, 4) is 22.6 Å². The lowest BCUT2D eigenvalue weighted by Gasteiger charge is -2.12. The monoisotopic (exact) mass is 256 g/mol. The lowest BCUT2D eigenvalue weighted by atomic mass is 9.98. The maximum absolute atomic E-state index is 11.3. The topological polar surface area (TPSA) is 35.5 Å². The third-order valence-corrected chi connectivity index (χ3v) is 3.01. The number of hydrogen-bond acceptors (Lipinski definition) is 3. The fraction of sp³-hybridized carbons (Fsp3) is 0.188. The van der Waals surface area contributed by atoms with Crippen LogP contribution in [0.4, 0.5) is 0 Å². The lowest BCUT2D eigenvalue weighted by molar-refractivity contribution is 0.112. The van der Waals surface area contributed by atoms with Gasteiger partial charge >= 0.3 is 0 Å². The first kappa shape index (κ1) is 13.1. The molecule has 98 valence electrons. The molecule has 2 aromatic rings. The molecule has 0 atom stereocenters. The molecular formula is C16H16O3. The number of carbonyl (C=O) groups is 1. The van der Waals surface area contributed by atoms with Gasteiger partial charge in [0.2, 0.25) is 0 Å². The normalized spacial score (nSPS) is 10.1. The van der Waals surface area contributed by atoms with Gasteiger partial charge in [-0.2, -0.15) is 0 Å². The summed E-state index contributed by atoms with van der Waals surface area (Å²) < 4.78 is 10.5. The number of aldehydes is 1. The smallest absolute Gasteiger partial charge is 0.161 e. The maximum Gasteiger partial charge on any atom is 0.161 e. The molecule has 2 rings (SSSR count). The van der Waals surface area contributed by atoms with E-state index < -0.39 is 0 Å². The molecule has 0 aliphatic rings. The Balaban J connectivity index is 2.65. The first-order valence-corrected chi connectivity index (χ1v) is 5.98. The predicted molar refractivity (Wildman–Crippen MR) is 75.1 cm³/mol. The fourth-order valence-corrected chi connectivity index (χ4v) is 2.05. The highest BCUT2D eigenvalue weighted by molar-refractivity contribution is 5.89. The Bertz CT molecular complexity index is 603. The highest BCUT2D eigenvalue weighted by atomic mass is 16.5. The first-order valence-electron chi connectivity index (χ1n) is 5.98. The van der Waals surface area contributed by atoms with E-state index in [1.54, 1.807) is 20.3 Å². The van der Waals surface area contributed by atoms with E-state index in [2.05, 4.69) is 0 Å². The van der Waals surface area contributed by atoms with Crippen molar-refractivity contribution in [1.29, 1.82) is 0 Å². The third kappa shape index (κ3) is 2.60. The van der Waals surface area contributed by atoms with Gasteiger partial charge in [-0.05, 0) is 30.2 Å². The quantitative estimate of drug-likeness (QED) is 0.785. The Morgan fingerprint density at radius 1 is 1.00 bits per heavy atom. The second kappa shape index (κ2) is 5.57. The van der Waals surface area contributed by atoms with Crippen molar-refractivity contribution in [2.24, 2.45) is 0 Å². The Kier molecular flexibility index (Phi) is 3.85. The molecule has 0 N–H and O–H groups in total. The van der Waals surface area contributed by atoms with Crippen LogP contribution in [0.15, 0.2) is 36.4 Å². The van der Waals surface area contributed by atoms with Crippen LogP contribution < -0.4 is 9.47 Å². The molecule has 19 heavy (non-hydrogen) atoms. The maximum atomic E-state index is 11.3. The van der Waals surface area contributed by atoms with Crippen LogP contribution in [0.25, 0.3) is 11.1 Å². The van der Waals surface area contributed by atoms with E-state index in [4.69, 9.17) is 9.47 Å². The Hall–Kier alpha value is -2.29. The van der Waals surface area contributed by atoms with Crippen LogP contribution in [0.5, 0.6) is 11.5 Å². The molecule has 0 aliphatic carbocycles. The predicted octanol–water partition coefficient (Wildman–Crippen LogP) is 3.49. The summed E-state index contributed by atoms with van der Waals surface area (Å²) in [5.74, 6) is 1.17. The van der Waals surface area contributed by atoms with E-state index in [1.165, 1.54) is 0 Å². The highest BCUT2D eigenvalue weighted by Gasteiger charge is 2.12. The molecule has 0 saturated carbocycles. The summed E-state index contributed by atoms with van der Waals surface area (Å²) in [7, 11) is 3.14. The average Bonchev–Trinajstić information content (AvgIpc) is 2.45. The van der Waals surface area contributed by atoms with Gasteiger partial charge in [-0.1, -0.05) is 29.8 Å². The SMILES string of the molecule is COc1cc(C=O)c(-c2cccc(C)c2)cc1OC. The van der Waals surface area contributed by atoms with Crippen molar-refractivity contribution in [2.75, 3.05) is 14.2 Å². The Labute approximate surface area is 112 Å². The molecule has 0 aromatic heterocycles. The van der Waals surface area contributed by atoms with Crippen LogP contribution in [0.2, 0.25) is 0 Å². The van der Waals surface area contributed by atoms with Gasteiger partial charge < -0.3 is 9.47 Å². The third-order valence-electron chi connectivity index (χ3n) is 3.01. The van der Waals surface area contributed by atoms with Gasteiger partial charge in [0.1, 0.15) is 0 Å². The lowest BCUT2D eigenvalue weighted by Crippen LogP contribution is -1.95. The number of rotatable bonds is 4.